The summed E-state index contributed by atoms with van der Waals surface area (Å²) in [5.41, 5.74) is 5.29. The van der Waals surface area contributed by atoms with Crippen LogP contribution in [-0.2, 0) is 4.79 Å². The molecule has 0 bridgehead atoms. The molecule has 1 rings (SSSR count). The number of halogens is 2. The predicted octanol–water partition coefficient (Wildman–Crippen LogP) is 1.60. The van der Waals surface area contributed by atoms with E-state index in [1.807, 2.05) is 0 Å². The minimum absolute atomic E-state index is 0.236. The lowest BCUT2D eigenvalue weighted by atomic mass is 10.3. The lowest BCUT2D eigenvalue weighted by Gasteiger charge is -2.06. The Balaban J connectivity index is 2.59. The summed E-state index contributed by atoms with van der Waals surface area (Å²) in [6.07, 6.45) is 0. The predicted molar refractivity (Wildman–Crippen MR) is 62.7 cm³/mol. The first kappa shape index (κ1) is 12.6. The largest absolute Gasteiger partial charge is 0.368 e. The molecule has 0 unspecified atom stereocenters. The van der Waals surface area contributed by atoms with E-state index >= 15 is 0 Å². The van der Waals surface area contributed by atoms with Gasteiger partial charge >= 0.3 is 6.03 Å². The van der Waals surface area contributed by atoms with Gasteiger partial charge in [-0.05, 0) is 18.2 Å². The average molecular weight is 262 g/mol. The molecule has 0 heterocycles. The third-order valence-corrected chi connectivity index (χ3v) is 1.98. The van der Waals surface area contributed by atoms with Gasteiger partial charge in [0.2, 0.25) is 5.91 Å². The zero-order chi connectivity index (χ0) is 12.1. The van der Waals surface area contributed by atoms with Crippen molar-refractivity contribution >= 4 is 40.8 Å². The lowest BCUT2D eigenvalue weighted by Crippen LogP contribution is -2.36. The van der Waals surface area contributed by atoms with Crippen LogP contribution in [-0.4, -0.2) is 18.5 Å². The van der Waals surface area contributed by atoms with Crippen molar-refractivity contribution in [2.24, 2.45) is 5.73 Å². The zero-order valence-electron chi connectivity index (χ0n) is 8.09. The van der Waals surface area contributed by atoms with Gasteiger partial charge in [0.05, 0.1) is 6.54 Å². The molecule has 0 aliphatic heterocycles. The third kappa shape index (κ3) is 4.37. The van der Waals surface area contributed by atoms with Crippen molar-refractivity contribution < 1.29 is 9.59 Å². The summed E-state index contributed by atoms with van der Waals surface area (Å²) in [5, 5.41) is 5.51. The summed E-state index contributed by atoms with van der Waals surface area (Å²) in [7, 11) is 0. The molecule has 86 valence electrons. The van der Waals surface area contributed by atoms with E-state index in [0.717, 1.165) is 0 Å². The summed E-state index contributed by atoms with van der Waals surface area (Å²) in [5.74, 6) is -0.626. The minimum Gasteiger partial charge on any atom is -0.368 e. The number of carbonyl (C=O) groups excluding carboxylic acids is 2. The van der Waals surface area contributed by atoms with Crippen molar-refractivity contribution in [3.8, 4) is 0 Å². The molecule has 3 amide bonds. The Hall–Kier alpha value is -1.46. The quantitative estimate of drug-likeness (QED) is 0.772. The number of hydrogen-bond donors (Lipinski definition) is 3. The van der Waals surface area contributed by atoms with E-state index in [4.69, 9.17) is 28.9 Å². The van der Waals surface area contributed by atoms with E-state index in [2.05, 4.69) is 10.6 Å². The van der Waals surface area contributed by atoms with E-state index in [1.54, 1.807) is 0 Å². The Bertz CT molecular complexity index is 403. The number of nitrogens with one attached hydrogen (secondary N) is 2. The molecule has 0 spiro atoms. The molecule has 7 heteroatoms. The van der Waals surface area contributed by atoms with Crippen LogP contribution >= 0.6 is 23.2 Å². The van der Waals surface area contributed by atoms with Gasteiger partial charge < -0.3 is 16.4 Å². The Labute approximate surface area is 102 Å². The van der Waals surface area contributed by atoms with Gasteiger partial charge in [-0.3, -0.25) is 4.79 Å². The molecule has 1 aromatic rings. The molecule has 0 aromatic heterocycles. The molecule has 16 heavy (non-hydrogen) atoms. The summed E-state index contributed by atoms with van der Waals surface area (Å²) in [6.45, 7) is -0.236. The van der Waals surface area contributed by atoms with Gasteiger partial charge in [-0.1, -0.05) is 23.2 Å². The van der Waals surface area contributed by atoms with E-state index in [1.165, 1.54) is 18.2 Å². The zero-order valence-corrected chi connectivity index (χ0v) is 9.60. The number of primary amides is 1. The monoisotopic (exact) mass is 261 g/mol. The Kier molecular flexibility index (Phi) is 4.39. The van der Waals surface area contributed by atoms with E-state index in [-0.39, 0.29) is 6.54 Å². The fraction of sp³-hybridized carbons (Fsp3) is 0.111. The molecule has 0 fully saturated rings. The van der Waals surface area contributed by atoms with Crippen molar-refractivity contribution in [3.63, 3.8) is 0 Å². The molecular weight excluding hydrogens is 253 g/mol. The van der Waals surface area contributed by atoms with Gasteiger partial charge in [0.25, 0.3) is 0 Å². The normalized spacial score (nSPS) is 9.62. The maximum Gasteiger partial charge on any atom is 0.319 e. The second kappa shape index (κ2) is 5.58. The highest BCUT2D eigenvalue weighted by molar-refractivity contribution is 6.35. The first-order valence-corrected chi connectivity index (χ1v) is 5.02. The molecule has 4 N–H and O–H groups in total. The second-order valence-electron chi connectivity index (χ2n) is 2.93. The SMILES string of the molecule is NC(=O)CNC(=O)Nc1cc(Cl)cc(Cl)c1. The van der Waals surface area contributed by atoms with Crippen molar-refractivity contribution in [2.75, 3.05) is 11.9 Å². The maximum atomic E-state index is 11.2. The molecule has 5 nitrogen and oxygen atoms in total. The Morgan fingerprint density at radius 1 is 1.19 bits per heavy atom. The molecule has 0 saturated heterocycles. The van der Waals surface area contributed by atoms with E-state index in [0.29, 0.717) is 15.7 Å². The van der Waals surface area contributed by atoms with Gasteiger partial charge in [-0.15, -0.1) is 0 Å². The molecule has 0 aliphatic carbocycles. The summed E-state index contributed by atoms with van der Waals surface area (Å²) >= 11 is 11.5. The number of benzene rings is 1. The summed E-state index contributed by atoms with van der Waals surface area (Å²) < 4.78 is 0. The Morgan fingerprint density at radius 2 is 1.75 bits per heavy atom. The second-order valence-corrected chi connectivity index (χ2v) is 3.80. The molecule has 0 atom stereocenters. The van der Waals surface area contributed by atoms with Crippen LogP contribution in [0.1, 0.15) is 0 Å². The highest BCUT2D eigenvalue weighted by atomic mass is 35.5. The van der Waals surface area contributed by atoms with Crippen LogP contribution in [0.3, 0.4) is 0 Å². The topological polar surface area (TPSA) is 84.2 Å². The van der Waals surface area contributed by atoms with Crippen LogP contribution in [0.25, 0.3) is 0 Å². The van der Waals surface area contributed by atoms with Crippen LogP contribution in [0, 0.1) is 0 Å². The van der Waals surface area contributed by atoms with E-state index < -0.39 is 11.9 Å². The van der Waals surface area contributed by atoms with Gasteiger partial charge in [-0.25, -0.2) is 4.79 Å². The standard InChI is InChI=1S/C9H9Cl2N3O2/c10-5-1-6(11)3-7(2-5)14-9(16)13-4-8(12)15/h1-3H,4H2,(H2,12,15)(H2,13,14,16). The fourth-order valence-electron chi connectivity index (χ4n) is 0.969. The fourth-order valence-corrected chi connectivity index (χ4v) is 1.49. The molecule has 0 aliphatic rings. The first-order chi connectivity index (χ1) is 7.47. The van der Waals surface area contributed by atoms with Crippen LogP contribution in [0.4, 0.5) is 10.5 Å². The van der Waals surface area contributed by atoms with Crippen molar-refractivity contribution in [3.05, 3.63) is 28.2 Å². The maximum absolute atomic E-state index is 11.2. The lowest BCUT2D eigenvalue weighted by molar-refractivity contribution is -0.117. The smallest absolute Gasteiger partial charge is 0.319 e. The van der Waals surface area contributed by atoms with Crippen LogP contribution < -0.4 is 16.4 Å². The van der Waals surface area contributed by atoms with Gasteiger partial charge in [0.15, 0.2) is 0 Å². The summed E-state index contributed by atoms with van der Waals surface area (Å²) in [6, 6.07) is 4.03. The minimum atomic E-state index is -0.626. The van der Waals surface area contributed by atoms with Crippen LogP contribution in [0.5, 0.6) is 0 Å². The molecule has 1 aromatic carbocycles. The number of anilines is 1. The first-order valence-electron chi connectivity index (χ1n) is 4.26. The number of urea groups is 1. The highest BCUT2D eigenvalue weighted by Gasteiger charge is 2.04. The van der Waals surface area contributed by atoms with Crippen LogP contribution in [0.15, 0.2) is 18.2 Å². The van der Waals surface area contributed by atoms with Crippen molar-refractivity contribution in [1.29, 1.82) is 0 Å². The molecular formula is C9H9Cl2N3O2. The Morgan fingerprint density at radius 3 is 2.25 bits per heavy atom. The van der Waals surface area contributed by atoms with Crippen molar-refractivity contribution in [1.82, 2.24) is 5.32 Å². The van der Waals surface area contributed by atoms with Gasteiger partial charge in [0, 0.05) is 15.7 Å². The van der Waals surface area contributed by atoms with Gasteiger partial charge in [0.1, 0.15) is 0 Å². The van der Waals surface area contributed by atoms with Crippen molar-refractivity contribution in [2.45, 2.75) is 0 Å². The highest BCUT2D eigenvalue weighted by Crippen LogP contribution is 2.22. The van der Waals surface area contributed by atoms with E-state index in [9.17, 15) is 9.59 Å². The number of amides is 3. The number of rotatable bonds is 3. The van der Waals surface area contributed by atoms with Gasteiger partial charge in [-0.2, -0.15) is 0 Å². The number of nitrogens with two attached hydrogens (primary N) is 1. The number of carbonyl (C=O) groups is 2. The number of hydrogen-bond acceptors (Lipinski definition) is 2. The molecule has 0 radical (unpaired) electrons. The van der Waals surface area contributed by atoms with Crippen LogP contribution in [0.2, 0.25) is 10.0 Å². The molecule has 0 saturated carbocycles. The average Bonchev–Trinajstić information content (AvgIpc) is 2.12. The summed E-state index contributed by atoms with van der Waals surface area (Å²) in [4.78, 5) is 21.6. The third-order valence-electron chi connectivity index (χ3n) is 1.54.